The topological polar surface area (TPSA) is 66.8 Å². The SMILES string of the molecule is COc1ccsc1C(=O)N1Cc2cccc(Br)c2CC1C(=O)O. The molecule has 0 fully saturated rings. The van der Waals surface area contributed by atoms with Gasteiger partial charge in [0.25, 0.3) is 5.91 Å². The number of fused-ring (bicyclic) bond motifs is 1. The zero-order valence-electron chi connectivity index (χ0n) is 12.3. The standard InChI is InChI=1S/C16H14BrNO4S/c1-22-13-5-6-23-14(13)15(19)18-8-9-3-2-4-11(17)10(9)7-12(18)16(20)21/h2-6,12H,7-8H2,1H3,(H,20,21). The summed E-state index contributed by atoms with van der Waals surface area (Å²) in [5, 5.41) is 11.3. The van der Waals surface area contributed by atoms with E-state index in [1.54, 1.807) is 11.4 Å². The number of thiophene rings is 1. The smallest absolute Gasteiger partial charge is 0.326 e. The van der Waals surface area contributed by atoms with E-state index in [-0.39, 0.29) is 18.9 Å². The van der Waals surface area contributed by atoms with Gasteiger partial charge in [-0.25, -0.2) is 4.79 Å². The summed E-state index contributed by atoms with van der Waals surface area (Å²) in [6.45, 7) is 0.269. The number of ether oxygens (including phenoxy) is 1. The van der Waals surface area contributed by atoms with Gasteiger partial charge in [-0.15, -0.1) is 11.3 Å². The summed E-state index contributed by atoms with van der Waals surface area (Å²) in [4.78, 5) is 26.3. The van der Waals surface area contributed by atoms with E-state index >= 15 is 0 Å². The van der Waals surface area contributed by atoms with E-state index in [4.69, 9.17) is 4.74 Å². The summed E-state index contributed by atoms with van der Waals surface area (Å²) in [5.74, 6) is -0.839. The third kappa shape index (κ3) is 2.86. The molecule has 5 nitrogen and oxygen atoms in total. The van der Waals surface area contributed by atoms with Gasteiger partial charge >= 0.3 is 5.97 Å². The molecule has 3 rings (SSSR count). The molecule has 2 heterocycles. The number of hydrogen-bond acceptors (Lipinski definition) is 4. The first-order valence-corrected chi connectivity index (χ1v) is 8.61. The average molecular weight is 396 g/mol. The highest BCUT2D eigenvalue weighted by molar-refractivity contribution is 9.10. The molecule has 0 spiro atoms. The lowest BCUT2D eigenvalue weighted by molar-refractivity contribution is -0.142. The summed E-state index contributed by atoms with van der Waals surface area (Å²) < 4.78 is 6.07. The van der Waals surface area contributed by atoms with E-state index in [1.165, 1.54) is 23.3 Å². The van der Waals surface area contributed by atoms with Crippen molar-refractivity contribution in [3.63, 3.8) is 0 Å². The predicted molar refractivity (Wildman–Crippen MR) is 90.0 cm³/mol. The molecule has 0 radical (unpaired) electrons. The van der Waals surface area contributed by atoms with Crippen LogP contribution in [-0.4, -0.2) is 35.0 Å². The van der Waals surface area contributed by atoms with Gasteiger partial charge in [-0.1, -0.05) is 28.1 Å². The van der Waals surface area contributed by atoms with Crippen LogP contribution in [0, 0.1) is 0 Å². The van der Waals surface area contributed by atoms with E-state index in [1.807, 2.05) is 18.2 Å². The molecule has 1 N–H and O–H groups in total. The average Bonchev–Trinajstić information content (AvgIpc) is 3.02. The number of carbonyl (C=O) groups excluding carboxylic acids is 1. The normalized spacial score (nSPS) is 16.8. The number of carbonyl (C=O) groups is 2. The first kappa shape index (κ1) is 16.0. The van der Waals surface area contributed by atoms with Crippen molar-refractivity contribution < 1.29 is 19.4 Å². The molecule has 1 aromatic carbocycles. The van der Waals surface area contributed by atoms with Gasteiger partial charge in [0.1, 0.15) is 16.7 Å². The number of halogens is 1. The Morgan fingerprint density at radius 3 is 2.87 bits per heavy atom. The van der Waals surface area contributed by atoms with Crippen LogP contribution in [0.4, 0.5) is 0 Å². The molecule has 0 aliphatic carbocycles. The molecule has 0 bridgehead atoms. The van der Waals surface area contributed by atoms with Gasteiger partial charge in [-0.2, -0.15) is 0 Å². The van der Waals surface area contributed by atoms with Gasteiger partial charge < -0.3 is 14.7 Å². The van der Waals surface area contributed by atoms with Crippen LogP contribution in [0.25, 0.3) is 0 Å². The maximum atomic E-state index is 12.8. The molecule has 23 heavy (non-hydrogen) atoms. The monoisotopic (exact) mass is 395 g/mol. The number of amides is 1. The third-order valence-corrected chi connectivity index (χ3v) is 5.55. The van der Waals surface area contributed by atoms with Crippen molar-refractivity contribution in [1.82, 2.24) is 4.90 Å². The quantitative estimate of drug-likeness (QED) is 0.866. The van der Waals surface area contributed by atoms with Gasteiger partial charge in [0, 0.05) is 17.4 Å². The molecule has 7 heteroatoms. The summed E-state index contributed by atoms with van der Waals surface area (Å²) >= 11 is 4.72. The van der Waals surface area contributed by atoms with E-state index in [0.29, 0.717) is 10.6 Å². The lowest BCUT2D eigenvalue weighted by atomic mass is 9.93. The minimum atomic E-state index is -1.00. The van der Waals surface area contributed by atoms with Crippen LogP contribution in [0.3, 0.4) is 0 Å². The Kier molecular flexibility index (Phi) is 4.41. The predicted octanol–water partition coefficient (Wildman–Crippen LogP) is 3.17. The van der Waals surface area contributed by atoms with E-state index in [9.17, 15) is 14.7 Å². The lowest BCUT2D eigenvalue weighted by Gasteiger charge is -2.34. The molecule has 1 aliphatic heterocycles. The molecular weight excluding hydrogens is 382 g/mol. The molecular formula is C16H14BrNO4S. The fourth-order valence-electron chi connectivity index (χ4n) is 2.76. The molecule has 0 saturated carbocycles. The van der Waals surface area contributed by atoms with Crippen molar-refractivity contribution >= 4 is 39.1 Å². The number of benzene rings is 1. The van der Waals surface area contributed by atoms with Gasteiger partial charge in [0.15, 0.2) is 0 Å². The summed E-state index contributed by atoms with van der Waals surface area (Å²) in [6, 6.07) is 6.52. The summed E-state index contributed by atoms with van der Waals surface area (Å²) in [6.07, 6.45) is 0.283. The zero-order valence-corrected chi connectivity index (χ0v) is 14.7. The Morgan fingerprint density at radius 2 is 2.17 bits per heavy atom. The van der Waals surface area contributed by atoms with Crippen molar-refractivity contribution in [3.05, 3.63) is 50.1 Å². The molecule has 0 saturated heterocycles. The maximum absolute atomic E-state index is 12.8. The number of carboxylic acid groups (broad SMARTS) is 1. The number of nitrogens with zero attached hydrogens (tertiary/aromatic N) is 1. The fraction of sp³-hybridized carbons (Fsp3) is 0.250. The first-order valence-electron chi connectivity index (χ1n) is 6.94. The highest BCUT2D eigenvalue weighted by atomic mass is 79.9. The fourth-order valence-corrected chi connectivity index (χ4v) is 4.14. The van der Waals surface area contributed by atoms with Crippen molar-refractivity contribution in [2.75, 3.05) is 7.11 Å². The second kappa shape index (κ2) is 6.33. The van der Waals surface area contributed by atoms with Crippen LogP contribution in [0.2, 0.25) is 0 Å². The second-order valence-electron chi connectivity index (χ2n) is 5.19. The van der Waals surface area contributed by atoms with E-state index in [2.05, 4.69) is 15.9 Å². The molecule has 1 aliphatic rings. The van der Waals surface area contributed by atoms with Crippen LogP contribution in [-0.2, 0) is 17.8 Å². The van der Waals surface area contributed by atoms with Gasteiger partial charge in [-0.3, -0.25) is 4.79 Å². The molecule has 1 amide bonds. The Labute approximate surface area is 145 Å². The Morgan fingerprint density at radius 1 is 1.39 bits per heavy atom. The van der Waals surface area contributed by atoms with Crippen molar-refractivity contribution in [3.8, 4) is 5.75 Å². The Balaban J connectivity index is 2.00. The Bertz CT molecular complexity index is 773. The van der Waals surface area contributed by atoms with Crippen LogP contribution < -0.4 is 4.74 Å². The number of methoxy groups -OCH3 is 1. The number of aliphatic carboxylic acids is 1. The number of hydrogen-bond donors (Lipinski definition) is 1. The minimum absolute atomic E-state index is 0.269. The maximum Gasteiger partial charge on any atom is 0.326 e. The van der Waals surface area contributed by atoms with E-state index < -0.39 is 12.0 Å². The van der Waals surface area contributed by atoms with Crippen LogP contribution in [0.5, 0.6) is 5.75 Å². The molecule has 1 aromatic heterocycles. The second-order valence-corrected chi connectivity index (χ2v) is 6.96. The zero-order chi connectivity index (χ0) is 16.6. The highest BCUT2D eigenvalue weighted by Crippen LogP contribution is 2.33. The highest BCUT2D eigenvalue weighted by Gasteiger charge is 2.37. The van der Waals surface area contributed by atoms with Gasteiger partial charge in [-0.05, 0) is 28.6 Å². The Hall–Kier alpha value is -1.86. The molecule has 1 atom stereocenters. The minimum Gasteiger partial charge on any atom is -0.495 e. The molecule has 2 aromatic rings. The largest absolute Gasteiger partial charge is 0.495 e. The first-order chi connectivity index (χ1) is 11.0. The van der Waals surface area contributed by atoms with Gasteiger partial charge in [0.2, 0.25) is 0 Å². The van der Waals surface area contributed by atoms with Crippen LogP contribution >= 0.6 is 27.3 Å². The van der Waals surface area contributed by atoms with Crippen molar-refractivity contribution in [2.24, 2.45) is 0 Å². The van der Waals surface area contributed by atoms with Crippen LogP contribution in [0.1, 0.15) is 20.8 Å². The van der Waals surface area contributed by atoms with E-state index in [0.717, 1.165) is 15.6 Å². The van der Waals surface area contributed by atoms with Crippen molar-refractivity contribution in [1.29, 1.82) is 0 Å². The number of carboxylic acids is 1. The summed E-state index contributed by atoms with van der Waals surface area (Å²) in [5.41, 5.74) is 1.91. The van der Waals surface area contributed by atoms with Crippen molar-refractivity contribution in [2.45, 2.75) is 19.0 Å². The third-order valence-electron chi connectivity index (χ3n) is 3.92. The lowest BCUT2D eigenvalue weighted by Crippen LogP contribution is -2.48. The van der Waals surface area contributed by atoms with Crippen LogP contribution in [0.15, 0.2) is 34.1 Å². The van der Waals surface area contributed by atoms with Gasteiger partial charge in [0.05, 0.1) is 7.11 Å². The number of rotatable bonds is 3. The molecule has 120 valence electrons. The summed E-state index contributed by atoms with van der Waals surface area (Å²) in [7, 11) is 1.50. The molecule has 1 unspecified atom stereocenters.